The van der Waals surface area contributed by atoms with E-state index in [1.54, 1.807) is 32.0 Å². The quantitative estimate of drug-likeness (QED) is 0.474. The maximum atomic E-state index is 11.9. The Labute approximate surface area is 135 Å². The Hall–Kier alpha value is -2.43. The van der Waals surface area contributed by atoms with Crippen LogP contribution in [-0.4, -0.2) is 17.8 Å². The summed E-state index contributed by atoms with van der Waals surface area (Å²) in [5, 5.41) is 10.6. The highest BCUT2D eigenvalue weighted by molar-refractivity contribution is 5.86. The molecule has 23 heavy (non-hydrogen) atoms. The number of rotatable bonds is 7. The first kappa shape index (κ1) is 16.9. The molecule has 0 spiro atoms. The van der Waals surface area contributed by atoms with E-state index in [0.29, 0.717) is 17.7 Å². The summed E-state index contributed by atoms with van der Waals surface area (Å²) in [6.45, 7) is 6.15. The van der Waals surface area contributed by atoms with Crippen LogP contribution < -0.4 is 15.1 Å². The fraction of sp³-hybridized carbons (Fsp3) is 0.389. The predicted molar refractivity (Wildman–Crippen MR) is 89.5 cm³/mol. The highest BCUT2D eigenvalue weighted by Gasteiger charge is 2.17. The second-order valence-corrected chi connectivity index (χ2v) is 5.41. The molecule has 0 aliphatic heterocycles. The smallest absolute Gasteiger partial charge is 0.383 e. The zero-order chi connectivity index (χ0) is 16.8. The molecule has 1 heterocycles. The number of hydrogen-bond donors (Lipinski definition) is 1. The van der Waals surface area contributed by atoms with Crippen molar-refractivity contribution in [2.75, 3.05) is 6.61 Å². The van der Waals surface area contributed by atoms with Crippen LogP contribution in [-0.2, 0) is 0 Å². The molecular weight excluding hydrogens is 296 g/mol. The number of benzene rings is 1. The Bertz CT molecular complexity index is 743. The highest BCUT2D eigenvalue weighted by Crippen LogP contribution is 2.33. The number of aromatic hydroxyl groups is 1. The molecular formula is C18H22O5. The van der Waals surface area contributed by atoms with Crippen molar-refractivity contribution in [3.05, 3.63) is 40.8 Å². The van der Waals surface area contributed by atoms with Gasteiger partial charge in [0.1, 0.15) is 11.3 Å². The summed E-state index contributed by atoms with van der Waals surface area (Å²) >= 11 is 0. The number of fused-ring (bicyclic) bond motifs is 1. The van der Waals surface area contributed by atoms with E-state index in [0.717, 1.165) is 12.8 Å². The predicted octanol–water partition coefficient (Wildman–Crippen LogP) is 4.02. The summed E-state index contributed by atoms with van der Waals surface area (Å²) in [6.07, 6.45) is 5.71. The van der Waals surface area contributed by atoms with Gasteiger partial charge >= 0.3 is 5.63 Å². The second kappa shape index (κ2) is 7.72. The molecule has 0 saturated heterocycles. The van der Waals surface area contributed by atoms with Gasteiger partial charge in [0.2, 0.25) is 5.75 Å². The fourth-order valence-electron chi connectivity index (χ4n) is 2.11. The maximum Gasteiger partial charge on any atom is 0.383 e. The van der Waals surface area contributed by atoms with Crippen LogP contribution in [0.25, 0.3) is 11.0 Å². The van der Waals surface area contributed by atoms with E-state index < -0.39 is 5.63 Å². The molecule has 1 aromatic carbocycles. The van der Waals surface area contributed by atoms with Gasteiger partial charge in [-0.05, 0) is 38.8 Å². The summed E-state index contributed by atoms with van der Waals surface area (Å²) in [5.41, 5.74) is -0.433. The first-order chi connectivity index (χ1) is 11.0. The molecule has 2 rings (SSSR count). The van der Waals surface area contributed by atoms with Crippen molar-refractivity contribution in [2.45, 2.75) is 39.7 Å². The molecule has 0 saturated carbocycles. The molecule has 0 aliphatic carbocycles. The van der Waals surface area contributed by atoms with Crippen molar-refractivity contribution >= 4 is 11.0 Å². The standard InChI is InChI=1S/C18H22O5/c1-4-5-6-7-10-21-13-8-9-14-15(11-13)23-18(20)17(16(14)19)22-12(2)3/h5-6,8-9,11-12,19H,4,7,10H2,1-3H3/b6-5+. The molecule has 0 radical (unpaired) electrons. The number of ether oxygens (including phenoxy) is 2. The third kappa shape index (κ3) is 4.28. The molecule has 2 aromatic rings. The van der Waals surface area contributed by atoms with Crippen molar-refractivity contribution in [1.29, 1.82) is 0 Å². The first-order valence-corrected chi connectivity index (χ1v) is 7.77. The summed E-state index contributed by atoms with van der Waals surface area (Å²) in [4.78, 5) is 11.9. The minimum Gasteiger partial charge on any atom is -0.504 e. The molecule has 0 aliphatic rings. The molecule has 124 valence electrons. The van der Waals surface area contributed by atoms with Crippen LogP contribution in [0.5, 0.6) is 17.2 Å². The zero-order valence-electron chi connectivity index (χ0n) is 13.7. The van der Waals surface area contributed by atoms with Crippen molar-refractivity contribution in [3.63, 3.8) is 0 Å². The Kier molecular flexibility index (Phi) is 5.68. The lowest BCUT2D eigenvalue weighted by Gasteiger charge is -2.11. The van der Waals surface area contributed by atoms with Gasteiger partial charge in [-0.2, -0.15) is 0 Å². The van der Waals surface area contributed by atoms with Gasteiger partial charge in [-0.1, -0.05) is 19.1 Å². The van der Waals surface area contributed by atoms with Crippen LogP contribution in [0.4, 0.5) is 0 Å². The number of hydrogen-bond acceptors (Lipinski definition) is 5. The Morgan fingerprint density at radius 2 is 2.09 bits per heavy atom. The van der Waals surface area contributed by atoms with Crippen LogP contribution in [0.2, 0.25) is 0 Å². The van der Waals surface area contributed by atoms with E-state index in [1.807, 2.05) is 0 Å². The highest BCUT2D eigenvalue weighted by atomic mass is 16.5. The summed E-state index contributed by atoms with van der Waals surface area (Å²) in [7, 11) is 0. The van der Waals surface area contributed by atoms with Crippen molar-refractivity contribution in [3.8, 4) is 17.2 Å². The summed E-state index contributed by atoms with van der Waals surface area (Å²) < 4.78 is 16.2. The van der Waals surface area contributed by atoms with E-state index in [9.17, 15) is 9.90 Å². The lowest BCUT2D eigenvalue weighted by atomic mass is 10.2. The van der Waals surface area contributed by atoms with Gasteiger partial charge in [0.15, 0.2) is 5.75 Å². The van der Waals surface area contributed by atoms with Gasteiger partial charge in [-0.15, -0.1) is 0 Å². The lowest BCUT2D eigenvalue weighted by Crippen LogP contribution is -2.13. The number of allylic oxidation sites excluding steroid dienone is 1. The molecule has 1 N–H and O–H groups in total. The van der Waals surface area contributed by atoms with Crippen LogP contribution in [0.3, 0.4) is 0 Å². The van der Waals surface area contributed by atoms with E-state index in [1.165, 1.54) is 0 Å². The van der Waals surface area contributed by atoms with Crippen molar-refractivity contribution in [2.24, 2.45) is 0 Å². The average molecular weight is 318 g/mol. The normalized spacial score (nSPS) is 11.5. The first-order valence-electron chi connectivity index (χ1n) is 7.77. The topological polar surface area (TPSA) is 68.9 Å². The van der Waals surface area contributed by atoms with Crippen LogP contribution in [0, 0.1) is 0 Å². The molecule has 0 atom stereocenters. The zero-order valence-corrected chi connectivity index (χ0v) is 13.7. The molecule has 0 unspecified atom stereocenters. The van der Waals surface area contributed by atoms with Crippen LogP contribution in [0.1, 0.15) is 33.6 Å². The Morgan fingerprint density at radius 1 is 1.30 bits per heavy atom. The molecule has 1 aromatic heterocycles. The van der Waals surface area contributed by atoms with E-state index >= 15 is 0 Å². The minimum atomic E-state index is -0.702. The largest absolute Gasteiger partial charge is 0.504 e. The monoisotopic (exact) mass is 318 g/mol. The second-order valence-electron chi connectivity index (χ2n) is 5.41. The average Bonchev–Trinajstić information content (AvgIpc) is 2.51. The van der Waals surface area contributed by atoms with E-state index in [2.05, 4.69) is 19.1 Å². The molecule has 0 fully saturated rings. The van der Waals surface area contributed by atoms with E-state index in [-0.39, 0.29) is 23.2 Å². The lowest BCUT2D eigenvalue weighted by molar-refractivity contribution is 0.221. The minimum absolute atomic E-state index is 0.161. The van der Waals surface area contributed by atoms with Gasteiger partial charge < -0.3 is 19.0 Å². The van der Waals surface area contributed by atoms with Gasteiger partial charge in [-0.25, -0.2) is 4.79 Å². The van der Waals surface area contributed by atoms with Crippen LogP contribution in [0.15, 0.2) is 39.6 Å². The Balaban J connectivity index is 2.23. The van der Waals surface area contributed by atoms with Crippen LogP contribution >= 0.6 is 0 Å². The van der Waals surface area contributed by atoms with Gasteiger partial charge in [0, 0.05) is 6.07 Å². The summed E-state index contributed by atoms with van der Waals surface area (Å²) in [6, 6.07) is 4.97. The van der Waals surface area contributed by atoms with Crippen molar-refractivity contribution in [1.82, 2.24) is 0 Å². The van der Waals surface area contributed by atoms with Gasteiger partial charge in [0.05, 0.1) is 18.1 Å². The molecule has 0 amide bonds. The SMILES string of the molecule is CC/C=C/CCOc1ccc2c(O)c(OC(C)C)c(=O)oc2c1. The Morgan fingerprint density at radius 3 is 2.78 bits per heavy atom. The fourth-order valence-corrected chi connectivity index (χ4v) is 2.11. The summed E-state index contributed by atoms with van der Waals surface area (Å²) in [5.74, 6) is 0.218. The maximum absolute atomic E-state index is 11.9. The van der Waals surface area contributed by atoms with Crippen molar-refractivity contribution < 1.29 is 19.0 Å². The molecule has 5 nitrogen and oxygen atoms in total. The molecule has 5 heteroatoms. The van der Waals surface area contributed by atoms with E-state index in [4.69, 9.17) is 13.9 Å². The van der Waals surface area contributed by atoms with Gasteiger partial charge in [-0.3, -0.25) is 0 Å². The third-order valence-corrected chi connectivity index (χ3v) is 3.12. The van der Waals surface area contributed by atoms with Gasteiger partial charge in [0.25, 0.3) is 0 Å². The third-order valence-electron chi connectivity index (χ3n) is 3.12. The molecule has 0 bridgehead atoms.